The Hall–Kier alpha value is -2.96. The van der Waals surface area contributed by atoms with Crippen LogP contribution in [0.25, 0.3) is 0 Å². The maximum Gasteiger partial charge on any atom is 0.361 e. The number of esters is 2. The fourth-order valence-corrected chi connectivity index (χ4v) is 1.98. The number of nitrogens with one attached hydrogen (secondary N) is 1. The highest BCUT2D eigenvalue weighted by Gasteiger charge is 2.27. The maximum atomic E-state index is 12.4. The molecule has 0 aliphatic carbocycles. The first-order chi connectivity index (χ1) is 11.7. The van der Waals surface area contributed by atoms with Gasteiger partial charge in [0.25, 0.3) is 5.56 Å². The van der Waals surface area contributed by atoms with Crippen molar-refractivity contribution in [2.75, 3.05) is 6.61 Å². The fourth-order valence-electron chi connectivity index (χ4n) is 1.98. The van der Waals surface area contributed by atoms with Crippen molar-refractivity contribution in [1.29, 1.82) is 0 Å². The van der Waals surface area contributed by atoms with Crippen LogP contribution in [0.2, 0.25) is 0 Å². The Morgan fingerprint density at radius 2 is 1.76 bits per heavy atom. The Morgan fingerprint density at radius 1 is 1.12 bits per heavy atom. The lowest BCUT2D eigenvalue weighted by Crippen LogP contribution is -2.28. The minimum atomic E-state index is -0.824. The molecule has 1 aromatic carbocycles. The zero-order valence-electron chi connectivity index (χ0n) is 14.6. The van der Waals surface area contributed by atoms with Gasteiger partial charge >= 0.3 is 11.9 Å². The second-order valence-corrected chi connectivity index (χ2v) is 6.32. The third-order valence-corrected chi connectivity index (χ3v) is 3.26. The Kier molecular flexibility index (Phi) is 5.36. The van der Waals surface area contributed by atoms with Crippen molar-refractivity contribution in [2.45, 2.75) is 33.1 Å². The SMILES string of the molecule is CCOC(=O)c1nc(C(C)(C)C)[nH]c(=O)c1OC(=O)c1ccccc1. The molecule has 0 unspecified atom stereocenters. The molecule has 2 aromatic rings. The Balaban J connectivity index is 2.50. The van der Waals surface area contributed by atoms with E-state index in [1.54, 1.807) is 25.1 Å². The Labute approximate surface area is 145 Å². The van der Waals surface area contributed by atoms with Gasteiger partial charge in [0, 0.05) is 5.41 Å². The summed E-state index contributed by atoms with van der Waals surface area (Å²) in [5.74, 6) is -1.77. The van der Waals surface area contributed by atoms with E-state index in [1.807, 2.05) is 20.8 Å². The van der Waals surface area contributed by atoms with Gasteiger partial charge in [0.1, 0.15) is 5.82 Å². The minimum Gasteiger partial charge on any atom is -0.461 e. The van der Waals surface area contributed by atoms with Gasteiger partial charge in [0.05, 0.1) is 12.2 Å². The van der Waals surface area contributed by atoms with Gasteiger partial charge in [-0.3, -0.25) is 4.79 Å². The summed E-state index contributed by atoms with van der Waals surface area (Å²) < 4.78 is 10.1. The lowest BCUT2D eigenvalue weighted by Gasteiger charge is -2.18. The third kappa shape index (κ3) is 4.32. The van der Waals surface area contributed by atoms with Crippen LogP contribution in [-0.4, -0.2) is 28.5 Å². The van der Waals surface area contributed by atoms with E-state index in [0.717, 1.165) is 0 Å². The zero-order valence-corrected chi connectivity index (χ0v) is 14.6. The van der Waals surface area contributed by atoms with E-state index in [2.05, 4.69) is 9.97 Å². The highest BCUT2D eigenvalue weighted by Crippen LogP contribution is 2.21. The van der Waals surface area contributed by atoms with Gasteiger partial charge in [-0.25, -0.2) is 14.6 Å². The van der Waals surface area contributed by atoms with Crippen molar-refractivity contribution in [3.8, 4) is 5.75 Å². The Morgan fingerprint density at radius 3 is 2.32 bits per heavy atom. The molecule has 0 spiro atoms. The largest absolute Gasteiger partial charge is 0.461 e. The summed E-state index contributed by atoms with van der Waals surface area (Å²) in [5.41, 5.74) is -1.30. The number of aromatic nitrogens is 2. The normalized spacial score (nSPS) is 11.0. The van der Waals surface area contributed by atoms with Crippen LogP contribution in [0, 0.1) is 0 Å². The molecule has 0 radical (unpaired) electrons. The number of benzene rings is 1. The van der Waals surface area contributed by atoms with Crippen LogP contribution in [0.5, 0.6) is 5.75 Å². The van der Waals surface area contributed by atoms with Gasteiger partial charge in [-0.1, -0.05) is 39.0 Å². The standard InChI is InChI=1S/C18H20N2O5/c1-5-24-16(23)12-13(14(21)20-17(19-12)18(2,3)4)25-15(22)11-9-7-6-8-10-11/h6-10H,5H2,1-4H3,(H,19,20,21). The number of ether oxygens (including phenoxy) is 2. The van der Waals surface area contributed by atoms with Crippen molar-refractivity contribution < 1.29 is 19.1 Å². The van der Waals surface area contributed by atoms with Gasteiger partial charge in [0.15, 0.2) is 5.69 Å². The first-order valence-electron chi connectivity index (χ1n) is 7.83. The fraction of sp³-hybridized carbons (Fsp3) is 0.333. The summed E-state index contributed by atoms with van der Waals surface area (Å²) in [7, 11) is 0. The molecule has 25 heavy (non-hydrogen) atoms. The van der Waals surface area contributed by atoms with Gasteiger partial charge in [-0.15, -0.1) is 0 Å². The lowest BCUT2D eigenvalue weighted by molar-refractivity contribution is 0.0511. The molecule has 1 N–H and O–H groups in total. The van der Waals surface area contributed by atoms with Crippen LogP contribution in [0.15, 0.2) is 35.1 Å². The number of rotatable bonds is 4. The number of hydrogen-bond donors (Lipinski definition) is 1. The molecule has 2 rings (SSSR count). The van der Waals surface area contributed by atoms with Crippen LogP contribution < -0.4 is 10.3 Å². The monoisotopic (exact) mass is 344 g/mol. The van der Waals surface area contributed by atoms with E-state index in [1.165, 1.54) is 12.1 Å². The number of aromatic amines is 1. The minimum absolute atomic E-state index is 0.101. The predicted octanol–water partition coefficient (Wildman–Crippen LogP) is 2.46. The molecule has 1 aromatic heterocycles. The van der Waals surface area contributed by atoms with E-state index in [0.29, 0.717) is 5.82 Å². The highest BCUT2D eigenvalue weighted by molar-refractivity contribution is 5.94. The van der Waals surface area contributed by atoms with Gasteiger partial charge in [0.2, 0.25) is 5.75 Å². The second kappa shape index (κ2) is 7.29. The molecule has 0 fully saturated rings. The van der Waals surface area contributed by atoms with Crippen molar-refractivity contribution >= 4 is 11.9 Å². The highest BCUT2D eigenvalue weighted by atomic mass is 16.6. The Bertz CT molecular complexity index is 835. The second-order valence-electron chi connectivity index (χ2n) is 6.32. The number of nitrogens with zero attached hydrogens (tertiary/aromatic N) is 1. The van der Waals surface area contributed by atoms with Crippen molar-refractivity contribution in [1.82, 2.24) is 9.97 Å². The van der Waals surface area contributed by atoms with E-state index in [-0.39, 0.29) is 17.9 Å². The quantitative estimate of drug-likeness (QED) is 0.856. The van der Waals surface area contributed by atoms with Gasteiger partial charge < -0.3 is 14.5 Å². The third-order valence-electron chi connectivity index (χ3n) is 3.26. The van der Waals surface area contributed by atoms with E-state index >= 15 is 0 Å². The molecule has 132 valence electrons. The molecular formula is C18H20N2O5. The van der Waals surface area contributed by atoms with Crippen LogP contribution in [0.4, 0.5) is 0 Å². The van der Waals surface area contributed by atoms with E-state index in [4.69, 9.17) is 9.47 Å². The topological polar surface area (TPSA) is 98.3 Å². The van der Waals surface area contributed by atoms with E-state index < -0.39 is 28.7 Å². The molecule has 0 saturated carbocycles. The van der Waals surface area contributed by atoms with Crippen LogP contribution in [0.1, 0.15) is 54.4 Å². The molecule has 0 aliphatic rings. The molecule has 0 saturated heterocycles. The zero-order chi connectivity index (χ0) is 18.6. The average Bonchev–Trinajstić information content (AvgIpc) is 2.56. The van der Waals surface area contributed by atoms with Crippen molar-refractivity contribution in [2.24, 2.45) is 0 Å². The molecule has 7 heteroatoms. The van der Waals surface area contributed by atoms with Crippen LogP contribution in [0.3, 0.4) is 0 Å². The molecule has 7 nitrogen and oxygen atoms in total. The molecule has 0 amide bonds. The molecular weight excluding hydrogens is 324 g/mol. The van der Waals surface area contributed by atoms with Crippen LogP contribution in [-0.2, 0) is 10.2 Å². The molecule has 1 heterocycles. The summed E-state index contributed by atoms with van der Waals surface area (Å²) in [6, 6.07) is 8.14. The van der Waals surface area contributed by atoms with Crippen molar-refractivity contribution in [3.63, 3.8) is 0 Å². The molecule has 0 atom stereocenters. The number of carbonyl (C=O) groups excluding carboxylic acids is 2. The van der Waals surface area contributed by atoms with Crippen LogP contribution >= 0.6 is 0 Å². The summed E-state index contributed by atoms with van der Waals surface area (Å²) >= 11 is 0. The van der Waals surface area contributed by atoms with Gasteiger partial charge in [-0.05, 0) is 19.1 Å². The first kappa shape index (κ1) is 18.4. The maximum absolute atomic E-state index is 12.4. The summed E-state index contributed by atoms with van der Waals surface area (Å²) in [4.78, 5) is 43.5. The lowest BCUT2D eigenvalue weighted by atomic mass is 9.95. The molecule has 0 aliphatic heterocycles. The number of hydrogen-bond acceptors (Lipinski definition) is 6. The first-order valence-corrected chi connectivity index (χ1v) is 7.83. The average molecular weight is 344 g/mol. The van der Waals surface area contributed by atoms with Gasteiger partial charge in [-0.2, -0.15) is 0 Å². The molecule has 0 bridgehead atoms. The predicted molar refractivity (Wildman–Crippen MR) is 90.9 cm³/mol. The van der Waals surface area contributed by atoms with E-state index in [9.17, 15) is 14.4 Å². The number of H-pyrrole nitrogens is 1. The number of carbonyl (C=O) groups is 2. The summed E-state index contributed by atoms with van der Waals surface area (Å²) in [6.07, 6.45) is 0. The summed E-state index contributed by atoms with van der Waals surface area (Å²) in [6.45, 7) is 7.22. The summed E-state index contributed by atoms with van der Waals surface area (Å²) in [5, 5.41) is 0. The smallest absolute Gasteiger partial charge is 0.361 e. The van der Waals surface area contributed by atoms with Crippen molar-refractivity contribution in [3.05, 3.63) is 57.8 Å².